The van der Waals surface area contributed by atoms with Crippen LogP contribution < -0.4 is 0 Å². The van der Waals surface area contributed by atoms with Gasteiger partial charge in [-0.05, 0) is 39.1 Å². The number of nitrogens with zero attached hydrogens (tertiary/aromatic N) is 1. The Morgan fingerprint density at radius 1 is 0.739 bits per heavy atom. The topological polar surface area (TPSA) is 20.3 Å². The van der Waals surface area contributed by atoms with Crippen molar-refractivity contribution in [3.63, 3.8) is 0 Å². The monoisotopic (exact) mass is 325 g/mol. The minimum atomic E-state index is -2.61. The van der Waals surface area contributed by atoms with Crippen LogP contribution in [0.5, 0.6) is 0 Å². The van der Waals surface area contributed by atoms with Crippen LogP contribution in [0.1, 0.15) is 33.6 Å². The summed E-state index contributed by atoms with van der Waals surface area (Å²) in [5, 5.41) is 0. The highest BCUT2D eigenvalue weighted by Gasteiger charge is 2.45. The fraction of sp³-hybridized carbons (Fsp3) is 0.300. The Hall–Kier alpha value is -1.63. The molecule has 2 nitrogen and oxygen atoms in total. The Morgan fingerprint density at radius 2 is 1.09 bits per heavy atom. The Bertz CT molecular complexity index is 700. The normalized spacial score (nSPS) is 26.8. The molecule has 0 bridgehead atoms. The van der Waals surface area contributed by atoms with Crippen LogP contribution in [0.4, 0.5) is 0 Å². The van der Waals surface area contributed by atoms with Crippen LogP contribution in [0, 0.1) is 13.8 Å². The van der Waals surface area contributed by atoms with E-state index in [0.29, 0.717) is 0 Å². The zero-order chi connectivity index (χ0) is 16.6. The molecule has 0 spiro atoms. The lowest BCUT2D eigenvalue weighted by atomic mass is 10.1. The number of hydrogen-bond acceptors (Lipinski definition) is 1. The van der Waals surface area contributed by atoms with Gasteiger partial charge in [0.25, 0.3) is 0 Å². The molecule has 0 aromatic heterocycles. The lowest BCUT2D eigenvalue weighted by molar-refractivity contribution is 0.505. The van der Waals surface area contributed by atoms with Crippen molar-refractivity contribution in [1.29, 1.82) is 0 Å². The molecule has 1 aliphatic rings. The summed E-state index contributed by atoms with van der Waals surface area (Å²) in [6, 6.07) is 16.8. The first-order valence-corrected chi connectivity index (χ1v) is 9.81. The van der Waals surface area contributed by atoms with Crippen LogP contribution in [0.2, 0.25) is 0 Å². The number of hydrogen-bond donors (Lipinski definition) is 0. The quantitative estimate of drug-likeness (QED) is 0.549. The molecule has 1 heterocycles. The Labute approximate surface area is 139 Å². The van der Waals surface area contributed by atoms with Crippen molar-refractivity contribution >= 4 is 7.29 Å². The van der Waals surface area contributed by atoms with E-state index in [9.17, 15) is 4.57 Å². The molecule has 0 amide bonds. The smallest absolute Gasteiger partial charge is 0.171 e. The van der Waals surface area contributed by atoms with Gasteiger partial charge in [0, 0.05) is 0 Å². The molecule has 3 rings (SSSR count). The molecule has 120 valence electrons. The van der Waals surface area contributed by atoms with Gasteiger partial charge < -0.3 is 4.57 Å². The number of allylic oxidation sites excluding steroid dienone is 2. The Balaban J connectivity index is 2.04. The third-order valence-electron chi connectivity index (χ3n) is 4.74. The van der Waals surface area contributed by atoms with E-state index in [0.717, 1.165) is 11.1 Å². The minimum Gasteiger partial charge on any atom is -0.305 e. The van der Waals surface area contributed by atoms with Gasteiger partial charge in [0.2, 0.25) is 0 Å². The minimum absolute atomic E-state index is 0.0376. The zero-order valence-electron chi connectivity index (χ0n) is 14.2. The van der Waals surface area contributed by atoms with Gasteiger partial charge in [-0.15, -0.1) is 0 Å². The summed E-state index contributed by atoms with van der Waals surface area (Å²) in [4.78, 5) is 0. The maximum Gasteiger partial charge on any atom is 0.171 e. The number of aryl methyl sites for hydroxylation is 2. The summed E-state index contributed by atoms with van der Waals surface area (Å²) in [6.45, 7) is 4.16. The lowest BCUT2D eigenvalue weighted by Gasteiger charge is -2.32. The molecule has 0 N–H and O–H groups in total. The van der Waals surface area contributed by atoms with Crippen LogP contribution in [-0.2, 0) is 4.57 Å². The largest absolute Gasteiger partial charge is 0.305 e. The maximum atomic E-state index is 14.0. The van der Waals surface area contributed by atoms with Crippen molar-refractivity contribution in [2.75, 3.05) is 14.1 Å². The molecule has 2 aromatic carbocycles. The predicted molar refractivity (Wildman–Crippen MR) is 98.3 cm³/mol. The average Bonchev–Trinajstić information content (AvgIpc) is 2.88. The van der Waals surface area contributed by atoms with E-state index in [2.05, 4.69) is 74.5 Å². The molecule has 2 aromatic rings. The summed E-state index contributed by atoms with van der Waals surface area (Å²) < 4.78 is 16.0. The molecule has 23 heavy (non-hydrogen) atoms. The first-order chi connectivity index (χ1) is 10.9. The summed E-state index contributed by atoms with van der Waals surface area (Å²) in [7, 11) is 1.27. The van der Waals surface area contributed by atoms with Gasteiger partial charge >= 0.3 is 0 Å². The third-order valence-corrected chi connectivity index (χ3v) is 8.52. The van der Waals surface area contributed by atoms with Crippen molar-refractivity contribution in [3.8, 4) is 0 Å². The van der Waals surface area contributed by atoms with Gasteiger partial charge in [-0.1, -0.05) is 71.8 Å². The van der Waals surface area contributed by atoms with Gasteiger partial charge in [0.1, 0.15) is 0 Å². The number of benzene rings is 2. The van der Waals surface area contributed by atoms with Crippen LogP contribution in [-0.4, -0.2) is 18.8 Å². The van der Waals surface area contributed by atoms with E-state index in [1.807, 2.05) is 18.8 Å². The molecule has 3 atom stereocenters. The summed E-state index contributed by atoms with van der Waals surface area (Å²) in [5.74, 6) is 0. The lowest BCUT2D eigenvalue weighted by Crippen LogP contribution is -2.15. The van der Waals surface area contributed by atoms with E-state index in [1.54, 1.807) is 0 Å². The van der Waals surface area contributed by atoms with E-state index in [1.165, 1.54) is 11.1 Å². The van der Waals surface area contributed by atoms with Crippen molar-refractivity contribution in [3.05, 3.63) is 82.9 Å². The highest BCUT2D eigenvalue weighted by Crippen LogP contribution is 2.74. The molecule has 0 unspecified atom stereocenters. The third kappa shape index (κ3) is 2.82. The van der Waals surface area contributed by atoms with E-state index < -0.39 is 7.29 Å². The summed E-state index contributed by atoms with van der Waals surface area (Å²) >= 11 is 0. The Kier molecular flexibility index (Phi) is 4.31. The highest BCUT2D eigenvalue weighted by atomic mass is 31.2. The fourth-order valence-corrected chi connectivity index (χ4v) is 6.54. The standard InChI is InChI=1S/C20H24NOP/c1-15-5-9-17(10-6-15)19-13-14-20(23(19,22)21(3)4)18-11-7-16(2)8-12-18/h5-14,19-20H,1-4H3/t19-,20+,23+. The summed E-state index contributed by atoms with van der Waals surface area (Å²) in [6.07, 6.45) is 4.27. The molecular formula is C20H24NOP. The molecular weight excluding hydrogens is 301 g/mol. The van der Waals surface area contributed by atoms with Crippen molar-refractivity contribution < 1.29 is 4.57 Å². The number of rotatable bonds is 3. The second-order valence-electron chi connectivity index (χ2n) is 6.62. The van der Waals surface area contributed by atoms with Crippen LogP contribution in [0.25, 0.3) is 0 Å². The van der Waals surface area contributed by atoms with Crippen LogP contribution in [0.3, 0.4) is 0 Å². The van der Waals surface area contributed by atoms with Gasteiger partial charge in [0.05, 0.1) is 11.3 Å². The van der Waals surface area contributed by atoms with Crippen LogP contribution in [0.15, 0.2) is 60.7 Å². The van der Waals surface area contributed by atoms with Crippen molar-refractivity contribution in [2.45, 2.75) is 25.2 Å². The fourth-order valence-electron chi connectivity index (χ4n) is 3.30. The summed E-state index contributed by atoms with van der Waals surface area (Å²) in [5.41, 5.74) is 4.65. The van der Waals surface area contributed by atoms with Crippen molar-refractivity contribution in [2.24, 2.45) is 0 Å². The predicted octanol–water partition coefficient (Wildman–Crippen LogP) is 5.50. The second kappa shape index (κ2) is 6.11. The second-order valence-corrected chi connectivity index (χ2v) is 9.87. The molecule has 0 aliphatic carbocycles. The van der Waals surface area contributed by atoms with Gasteiger partial charge in [-0.25, -0.2) is 0 Å². The first kappa shape index (κ1) is 16.2. The highest BCUT2D eigenvalue weighted by molar-refractivity contribution is 7.63. The van der Waals surface area contributed by atoms with E-state index in [4.69, 9.17) is 0 Å². The van der Waals surface area contributed by atoms with Gasteiger partial charge in [-0.3, -0.25) is 4.67 Å². The van der Waals surface area contributed by atoms with E-state index in [-0.39, 0.29) is 11.3 Å². The molecule has 1 aliphatic heterocycles. The molecule has 0 saturated heterocycles. The van der Waals surface area contributed by atoms with Gasteiger partial charge in [0.15, 0.2) is 7.29 Å². The van der Waals surface area contributed by atoms with Crippen molar-refractivity contribution in [1.82, 2.24) is 4.67 Å². The molecule has 3 heteroatoms. The van der Waals surface area contributed by atoms with E-state index >= 15 is 0 Å². The average molecular weight is 325 g/mol. The van der Waals surface area contributed by atoms with Gasteiger partial charge in [-0.2, -0.15) is 0 Å². The molecule has 0 radical (unpaired) electrons. The SMILES string of the molecule is Cc1ccc([C@H]2C=C[C@@H](c3ccc(C)cc3)[P@]2(=O)N(C)C)cc1. The zero-order valence-corrected chi connectivity index (χ0v) is 15.1. The maximum absolute atomic E-state index is 14.0. The molecule has 0 fully saturated rings. The van der Waals surface area contributed by atoms with Crippen LogP contribution >= 0.6 is 7.29 Å². The Morgan fingerprint density at radius 3 is 1.39 bits per heavy atom. The molecule has 0 saturated carbocycles. The first-order valence-electron chi connectivity index (χ1n) is 8.01.